The second-order valence-electron chi connectivity index (χ2n) is 8.26. The molecule has 202 valence electrons. The fourth-order valence-corrected chi connectivity index (χ4v) is 3.71. The van der Waals surface area contributed by atoms with E-state index in [9.17, 15) is 24.3 Å². The minimum Gasteiger partial charge on any atom is -0.497 e. The molecule has 2 aromatic rings. The van der Waals surface area contributed by atoms with Crippen molar-refractivity contribution in [2.24, 2.45) is 10.9 Å². The molecule has 0 bridgehead atoms. The predicted octanol–water partition coefficient (Wildman–Crippen LogP) is 0.379. The van der Waals surface area contributed by atoms with Crippen LogP contribution in [-0.2, 0) is 24.0 Å². The Morgan fingerprint density at radius 1 is 1.05 bits per heavy atom. The molecule has 0 spiro atoms. The first-order valence-corrected chi connectivity index (χ1v) is 11.5. The number of hydrogen-bond acceptors (Lipinski definition) is 9. The van der Waals surface area contributed by atoms with Gasteiger partial charge in [-0.2, -0.15) is 0 Å². The van der Waals surface area contributed by atoms with Gasteiger partial charge in [0.1, 0.15) is 30.7 Å². The van der Waals surface area contributed by atoms with Crippen molar-refractivity contribution in [3.05, 3.63) is 59.7 Å². The summed E-state index contributed by atoms with van der Waals surface area (Å²) in [6.45, 7) is 0.0690. The molecule has 1 saturated heterocycles. The van der Waals surface area contributed by atoms with Crippen LogP contribution in [0.3, 0.4) is 0 Å². The largest absolute Gasteiger partial charge is 0.497 e. The molecule has 38 heavy (non-hydrogen) atoms. The molecule has 13 nitrogen and oxygen atoms in total. The van der Waals surface area contributed by atoms with Crippen LogP contribution in [0.2, 0.25) is 0 Å². The van der Waals surface area contributed by atoms with E-state index >= 15 is 0 Å². The second-order valence-corrected chi connectivity index (χ2v) is 8.26. The van der Waals surface area contributed by atoms with Crippen LogP contribution in [-0.4, -0.2) is 84.0 Å². The number of methoxy groups -OCH3 is 1. The minimum absolute atomic E-state index is 0.0148. The summed E-state index contributed by atoms with van der Waals surface area (Å²) >= 11 is 0. The standard InChI is InChI=1S/C25H28N4O9/c1-36-16-7-5-15(6-8-16)21(25(34)35)29-13-19(23(29)31)27-22(30)20(28-37-2)14-3-9-17(10-4-14)38-12-11-18(26)24(32)33/h3-10,18-19,21H,11-13,26H2,1-2H3,(H,27,30)(H,32,33)(H,34,35). The van der Waals surface area contributed by atoms with E-state index in [1.807, 2.05) is 0 Å². The highest BCUT2D eigenvalue weighted by atomic mass is 16.6. The normalized spacial score (nSPS) is 16.6. The average Bonchev–Trinajstić information content (AvgIpc) is 2.91. The zero-order chi connectivity index (χ0) is 27.8. The number of nitrogens with two attached hydrogens (primary N) is 1. The van der Waals surface area contributed by atoms with Gasteiger partial charge in [0, 0.05) is 12.0 Å². The summed E-state index contributed by atoms with van der Waals surface area (Å²) < 4.78 is 10.6. The van der Waals surface area contributed by atoms with Crippen LogP contribution in [0.5, 0.6) is 11.5 Å². The van der Waals surface area contributed by atoms with Gasteiger partial charge in [0.05, 0.1) is 20.3 Å². The van der Waals surface area contributed by atoms with Gasteiger partial charge in [-0.25, -0.2) is 4.79 Å². The number of β-lactam (4-membered cyclic amide) rings is 1. The van der Waals surface area contributed by atoms with E-state index in [-0.39, 0.29) is 25.3 Å². The molecule has 1 heterocycles. The van der Waals surface area contributed by atoms with Crippen LogP contribution < -0.4 is 20.5 Å². The van der Waals surface area contributed by atoms with Crippen molar-refractivity contribution in [3.63, 3.8) is 0 Å². The van der Waals surface area contributed by atoms with Crippen LogP contribution in [0.4, 0.5) is 0 Å². The number of rotatable bonds is 13. The number of nitrogens with zero attached hydrogens (tertiary/aromatic N) is 2. The number of amides is 2. The molecular weight excluding hydrogens is 500 g/mol. The molecule has 1 aliphatic heterocycles. The van der Waals surface area contributed by atoms with Crippen LogP contribution >= 0.6 is 0 Å². The third-order valence-corrected chi connectivity index (χ3v) is 5.78. The van der Waals surface area contributed by atoms with E-state index in [0.29, 0.717) is 22.6 Å². The maximum absolute atomic E-state index is 12.9. The number of carboxylic acids is 2. The molecule has 3 rings (SSSR count). The van der Waals surface area contributed by atoms with E-state index in [0.717, 1.165) is 4.90 Å². The molecule has 3 unspecified atom stereocenters. The van der Waals surface area contributed by atoms with E-state index < -0.39 is 41.9 Å². The van der Waals surface area contributed by atoms with Gasteiger partial charge in [0.2, 0.25) is 5.91 Å². The number of aliphatic carboxylic acids is 2. The number of carboxylic acid groups (broad SMARTS) is 2. The molecule has 1 aliphatic rings. The van der Waals surface area contributed by atoms with Gasteiger partial charge < -0.3 is 40.5 Å². The summed E-state index contributed by atoms with van der Waals surface area (Å²) in [5.74, 6) is -2.61. The average molecular weight is 529 g/mol. The third-order valence-electron chi connectivity index (χ3n) is 5.78. The van der Waals surface area contributed by atoms with Gasteiger partial charge in [-0.1, -0.05) is 17.3 Å². The number of hydrogen-bond donors (Lipinski definition) is 4. The highest BCUT2D eigenvalue weighted by molar-refractivity contribution is 6.45. The molecule has 13 heteroatoms. The first-order chi connectivity index (χ1) is 18.2. The van der Waals surface area contributed by atoms with Crippen LogP contribution in [0.25, 0.3) is 0 Å². The van der Waals surface area contributed by atoms with Gasteiger partial charge in [0.15, 0.2) is 11.8 Å². The quantitative estimate of drug-likeness (QED) is 0.161. The first-order valence-electron chi connectivity index (χ1n) is 11.5. The van der Waals surface area contributed by atoms with Crippen molar-refractivity contribution >= 4 is 29.5 Å². The van der Waals surface area contributed by atoms with Gasteiger partial charge in [-0.05, 0) is 42.0 Å². The summed E-state index contributed by atoms with van der Waals surface area (Å²) in [4.78, 5) is 54.3. The monoisotopic (exact) mass is 528 g/mol. The Kier molecular flexibility index (Phi) is 9.22. The number of carbonyl (C=O) groups excluding carboxylic acids is 2. The number of benzene rings is 2. The van der Waals surface area contributed by atoms with Crippen LogP contribution in [0.15, 0.2) is 53.7 Å². The van der Waals surface area contributed by atoms with E-state index in [1.165, 1.54) is 14.2 Å². The van der Waals surface area contributed by atoms with Crippen LogP contribution in [0.1, 0.15) is 23.6 Å². The molecule has 2 amide bonds. The lowest BCUT2D eigenvalue weighted by molar-refractivity contribution is -0.160. The highest BCUT2D eigenvalue weighted by Gasteiger charge is 2.45. The number of oxime groups is 1. The molecular formula is C25H28N4O9. The Morgan fingerprint density at radius 2 is 1.68 bits per heavy atom. The maximum atomic E-state index is 12.9. The van der Waals surface area contributed by atoms with Crippen molar-refractivity contribution in [2.45, 2.75) is 24.5 Å². The van der Waals surface area contributed by atoms with Gasteiger partial charge in [-0.3, -0.25) is 14.4 Å². The zero-order valence-corrected chi connectivity index (χ0v) is 20.7. The molecule has 3 atom stereocenters. The van der Waals surface area contributed by atoms with Gasteiger partial charge >= 0.3 is 11.9 Å². The van der Waals surface area contributed by atoms with Crippen molar-refractivity contribution < 1.29 is 43.7 Å². The van der Waals surface area contributed by atoms with E-state index in [1.54, 1.807) is 48.5 Å². The molecule has 0 aliphatic carbocycles. The molecule has 0 radical (unpaired) electrons. The number of nitrogens with one attached hydrogen (secondary N) is 1. The number of ether oxygens (including phenoxy) is 2. The number of carbonyl (C=O) groups is 4. The molecule has 0 saturated carbocycles. The second kappa shape index (κ2) is 12.5. The topological polar surface area (TPSA) is 190 Å². The van der Waals surface area contributed by atoms with E-state index in [2.05, 4.69) is 10.5 Å². The summed E-state index contributed by atoms with van der Waals surface area (Å²) in [5.41, 5.74) is 6.09. The SMILES string of the molecule is CON=C(C(=O)NC1CN(C(C(=O)O)c2ccc(OC)cc2)C1=O)c1ccc(OCCC(N)C(=O)O)cc1. The lowest BCUT2D eigenvalue weighted by Crippen LogP contribution is -2.66. The Hall–Kier alpha value is -4.65. The molecule has 1 fully saturated rings. The molecule has 0 aromatic heterocycles. The maximum Gasteiger partial charge on any atom is 0.331 e. The molecule has 2 aromatic carbocycles. The van der Waals surface area contributed by atoms with Crippen molar-refractivity contribution in [1.29, 1.82) is 0 Å². The summed E-state index contributed by atoms with van der Waals surface area (Å²) in [5, 5.41) is 24.9. The third kappa shape index (κ3) is 6.56. The Morgan fingerprint density at radius 3 is 2.21 bits per heavy atom. The Labute approximate surface area is 217 Å². The predicted molar refractivity (Wildman–Crippen MR) is 133 cm³/mol. The number of likely N-dealkylation sites (tertiary alicyclic amines) is 1. The van der Waals surface area contributed by atoms with Crippen molar-refractivity contribution in [2.75, 3.05) is 27.4 Å². The lowest BCUT2D eigenvalue weighted by Gasteiger charge is -2.42. The Balaban J connectivity index is 1.62. The Bertz CT molecular complexity index is 1200. The fourth-order valence-electron chi connectivity index (χ4n) is 3.71. The highest BCUT2D eigenvalue weighted by Crippen LogP contribution is 2.29. The van der Waals surface area contributed by atoms with Crippen LogP contribution in [0, 0.1) is 0 Å². The van der Waals surface area contributed by atoms with E-state index in [4.69, 9.17) is 25.2 Å². The smallest absolute Gasteiger partial charge is 0.331 e. The van der Waals surface area contributed by atoms with Gasteiger partial charge in [0.25, 0.3) is 5.91 Å². The lowest BCUT2D eigenvalue weighted by atomic mass is 9.97. The molecule has 5 N–H and O–H groups in total. The fraction of sp³-hybridized carbons (Fsp3) is 0.320. The van der Waals surface area contributed by atoms with Crippen molar-refractivity contribution in [1.82, 2.24) is 10.2 Å². The zero-order valence-electron chi connectivity index (χ0n) is 20.7. The summed E-state index contributed by atoms with van der Waals surface area (Å²) in [7, 11) is 2.75. The summed E-state index contributed by atoms with van der Waals surface area (Å²) in [6, 6.07) is 9.34. The van der Waals surface area contributed by atoms with Crippen molar-refractivity contribution in [3.8, 4) is 11.5 Å². The first kappa shape index (κ1) is 27.9. The minimum atomic E-state index is -1.22. The summed E-state index contributed by atoms with van der Waals surface area (Å²) in [6.07, 6.45) is 0.115. The van der Waals surface area contributed by atoms with Gasteiger partial charge in [-0.15, -0.1) is 0 Å².